The first kappa shape index (κ1) is 17.5. The summed E-state index contributed by atoms with van der Waals surface area (Å²) in [6, 6.07) is 7.36. The largest absolute Gasteiger partial charge is 0.515 e. The number of ether oxygens (including phenoxy) is 1. The van der Waals surface area contributed by atoms with Crippen LogP contribution in [0.2, 0.25) is 0 Å². The number of nitrogens with zero attached hydrogens (tertiary/aromatic N) is 1. The predicted octanol–water partition coefficient (Wildman–Crippen LogP) is 3.10. The van der Waals surface area contributed by atoms with Crippen molar-refractivity contribution in [3.8, 4) is 0 Å². The number of rotatable bonds is 2. The van der Waals surface area contributed by atoms with Crippen molar-refractivity contribution in [3.05, 3.63) is 64.7 Å². The summed E-state index contributed by atoms with van der Waals surface area (Å²) in [6.07, 6.45) is 4.90. The molecule has 4 rings (SSSR count). The summed E-state index contributed by atoms with van der Waals surface area (Å²) in [4.78, 5) is 24.8. The van der Waals surface area contributed by atoms with Gasteiger partial charge in [-0.25, -0.2) is 4.79 Å². The molecule has 2 aromatic rings. The molecule has 0 bridgehead atoms. The molecule has 0 unspecified atom stereocenters. The quantitative estimate of drug-likeness (QED) is 0.484. The van der Waals surface area contributed by atoms with Gasteiger partial charge in [0.2, 0.25) is 0 Å². The molecule has 3 atom stereocenters. The van der Waals surface area contributed by atoms with Crippen LogP contribution >= 0.6 is 0 Å². The number of nitrogens with one attached hydrogen (secondary N) is 1. The third-order valence-electron chi connectivity index (χ3n) is 6.26. The number of aryl methyl sites for hydroxylation is 1. The highest BCUT2D eigenvalue weighted by Gasteiger charge is 2.55. The van der Waals surface area contributed by atoms with Crippen LogP contribution in [-0.2, 0) is 21.4 Å². The van der Waals surface area contributed by atoms with Gasteiger partial charge in [0.1, 0.15) is 0 Å². The van der Waals surface area contributed by atoms with Crippen molar-refractivity contribution in [2.75, 3.05) is 7.11 Å². The van der Waals surface area contributed by atoms with Crippen molar-refractivity contribution in [1.82, 2.24) is 10.2 Å². The predicted molar refractivity (Wildman–Crippen MR) is 98.5 cm³/mol. The number of aromatic amines is 1. The summed E-state index contributed by atoms with van der Waals surface area (Å²) < 4.78 is 4.88. The zero-order valence-electron chi connectivity index (χ0n) is 15.4. The van der Waals surface area contributed by atoms with E-state index in [1.54, 1.807) is 6.07 Å². The lowest BCUT2D eigenvalue weighted by molar-refractivity contribution is -0.123. The van der Waals surface area contributed by atoms with E-state index < -0.39 is 11.4 Å². The number of H-pyrrole nitrogens is 1. The number of methoxy groups -OCH3 is 1. The number of fused-ring (bicyclic) bond motifs is 3. The highest BCUT2D eigenvalue weighted by molar-refractivity contribution is 5.98. The minimum Gasteiger partial charge on any atom is -0.515 e. The fourth-order valence-corrected chi connectivity index (χ4v) is 4.98. The number of benzene rings is 1. The van der Waals surface area contributed by atoms with Crippen LogP contribution in [-0.4, -0.2) is 34.2 Å². The molecule has 27 heavy (non-hydrogen) atoms. The number of aromatic nitrogens is 2. The lowest BCUT2D eigenvalue weighted by atomic mass is 9.52. The first-order chi connectivity index (χ1) is 13.0. The third kappa shape index (κ3) is 2.43. The van der Waals surface area contributed by atoms with Gasteiger partial charge in [-0.3, -0.25) is 9.89 Å². The number of hydrogen-bond acceptors (Lipinski definition) is 5. The molecule has 140 valence electrons. The Morgan fingerprint density at radius 3 is 3.00 bits per heavy atom. The molecular formula is C21H22N2O4. The molecule has 2 aliphatic rings. The molecule has 2 N–H and O–H groups in total. The Morgan fingerprint density at radius 2 is 2.26 bits per heavy atom. The minimum absolute atomic E-state index is 0.0127. The molecule has 1 saturated carbocycles. The highest BCUT2D eigenvalue weighted by Crippen LogP contribution is 2.55. The van der Waals surface area contributed by atoms with Crippen LogP contribution in [0.4, 0.5) is 0 Å². The van der Waals surface area contributed by atoms with Gasteiger partial charge in [-0.1, -0.05) is 19.1 Å². The number of aliphatic hydroxyl groups is 1. The van der Waals surface area contributed by atoms with Crippen molar-refractivity contribution >= 4 is 11.8 Å². The first-order valence-corrected chi connectivity index (χ1v) is 9.12. The Kier molecular flexibility index (Phi) is 4.13. The fraction of sp³-hybridized carbons (Fsp3) is 0.381. The molecule has 6 heteroatoms. The maximum atomic E-state index is 12.7. The van der Waals surface area contributed by atoms with Crippen LogP contribution in [0.25, 0.3) is 0 Å². The zero-order valence-corrected chi connectivity index (χ0v) is 15.4. The molecule has 0 spiro atoms. The van der Waals surface area contributed by atoms with E-state index in [1.807, 2.05) is 31.3 Å². The number of Topliss-reactive ketones (excluding diaryl/α,β-unsaturated/α-hetero) is 1. The second-order valence-corrected chi connectivity index (χ2v) is 7.43. The smallest absolute Gasteiger partial charge is 0.337 e. The van der Waals surface area contributed by atoms with Crippen molar-refractivity contribution < 1.29 is 19.4 Å². The van der Waals surface area contributed by atoms with Gasteiger partial charge < -0.3 is 9.84 Å². The number of ketones is 1. The van der Waals surface area contributed by atoms with Crippen LogP contribution in [0, 0.1) is 11.8 Å². The van der Waals surface area contributed by atoms with E-state index in [0.717, 1.165) is 35.9 Å². The van der Waals surface area contributed by atoms with Crippen LogP contribution in [0.1, 0.15) is 46.9 Å². The van der Waals surface area contributed by atoms with Crippen molar-refractivity contribution in [1.29, 1.82) is 0 Å². The number of carbonyl (C=O) groups is 2. The lowest BCUT2D eigenvalue weighted by Crippen LogP contribution is -2.50. The van der Waals surface area contributed by atoms with Crippen LogP contribution in [0.3, 0.4) is 0 Å². The molecule has 2 aliphatic carbocycles. The highest BCUT2D eigenvalue weighted by atomic mass is 16.5. The molecule has 6 nitrogen and oxygen atoms in total. The summed E-state index contributed by atoms with van der Waals surface area (Å²) >= 11 is 0. The summed E-state index contributed by atoms with van der Waals surface area (Å²) in [7, 11) is 1.36. The van der Waals surface area contributed by atoms with Crippen LogP contribution in [0.15, 0.2) is 42.3 Å². The second-order valence-electron chi connectivity index (χ2n) is 7.43. The Balaban J connectivity index is 1.97. The second kappa shape index (κ2) is 6.37. The van der Waals surface area contributed by atoms with Gasteiger partial charge in [0.05, 0.1) is 24.6 Å². The topological polar surface area (TPSA) is 92.3 Å². The molecule has 1 aromatic carbocycles. The van der Waals surface area contributed by atoms with Gasteiger partial charge in [-0.05, 0) is 48.4 Å². The number of allylic oxidation sites excluding steroid dienone is 1. The standard InChI is InChI=1S/C21H22N2O4/c1-12-17-7-6-14-10-22-23-19(14)21(17,9-15(11-24)18(12)25)16-5-3-4-13(8-16)20(26)27-2/h3-5,8,10-12,17,24H,6-7,9H2,1-2H3,(H,22,23)/t12-,17-,21+/m0/s1. The Morgan fingerprint density at radius 1 is 1.44 bits per heavy atom. The summed E-state index contributed by atoms with van der Waals surface area (Å²) in [5.41, 5.74) is 3.23. The van der Waals surface area contributed by atoms with Gasteiger partial charge in [0.25, 0.3) is 0 Å². The summed E-state index contributed by atoms with van der Waals surface area (Å²) in [6.45, 7) is 1.92. The Labute approximate surface area is 157 Å². The van der Waals surface area contributed by atoms with Crippen LogP contribution in [0.5, 0.6) is 0 Å². The molecule has 0 saturated heterocycles. The minimum atomic E-state index is -0.570. The summed E-state index contributed by atoms with van der Waals surface area (Å²) in [5, 5.41) is 17.2. The number of carbonyl (C=O) groups excluding carboxylic acids is 2. The first-order valence-electron chi connectivity index (χ1n) is 9.12. The van der Waals surface area contributed by atoms with Crippen molar-refractivity contribution in [2.24, 2.45) is 11.8 Å². The van der Waals surface area contributed by atoms with Gasteiger partial charge in [0.15, 0.2) is 5.78 Å². The van der Waals surface area contributed by atoms with E-state index in [0.29, 0.717) is 17.6 Å². The number of aliphatic hydroxyl groups excluding tert-OH is 1. The molecule has 1 fully saturated rings. The molecule has 1 aromatic heterocycles. The number of hydrogen-bond donors (Lipinski definition) is 2. The van der Waals surface area contributed by atoms with E-state index >= 15 is 0 Å². The van der Waals surface area contributed by atoms with E-state index in [9.17, 15) is 14.7 Å². The normalized spacial score (nSPS) is 28.5. The molecule has 1 heterocycles. The van der Waals surface area contributed by atoms with Gasteiger partial charge >= 0.3 is 5.97 Å². The van der Waals surface area contributed by atoms with E-state index in [-0.39, 0.29) is 17.6 Å². The molecular weight excluding hydrogens is 344 g/mol. The molecule has 0 radical (unpaired) electrons. The lowest BCUT2D eigenvalue weighted by Gasteiger charge is -2.49. The zero-order chi connectivity index (χ0) is 19.2. The van der Waals surface area contributed by atoms with E-state index in [1.165, 1.54) is 7.11 Å². The number of esters is 1. The van der Waals surface area contributed by atoms with Gasteiger partial charge in [-0.15, -0.1) is 0 Å². The average Bonchev–Trinajstić information content (AvgIpc) is 3.19. The van der Waals surface area contributed by atoms with Gasteiger partial charge in [-0.2, -0.15) is 5.10 Å². The van der Waals surface area contributed by atoms with Crippen LogP contribution < -0.4 is 0 Å². The third-order valence-corrected chi connectivity index (χ3v) is 6.26. The maximum absolute atomic E-state index is 12.7. The average molecular weight is 366 g/mol. The fourth-order valence-electron chi connectivity index (χ4n) is 4.98. The van der Waals surface area contributed by atoms with E-state index in [4.69, 9.17) is 4.74 Å². The Hall–Kier alpha value is -2.89. The van der Waals surface area contributed by atoms with Gasteiger partial charge in [0, 0.05) is 23.1 Å². The van der Waals surface area contributed by atoms with Crippen molar-refractivity contribution in [3.63, 3.8) is 0 Å². The molecule has 0 amide bonds. The molecule has 0 aliphatic heterocycles. The Bertz CT molecular complexity index is 945. The van der Waals surface area contributed by atoms with E-state index in [2.05, 4.69) is 10.2 Å². The summed E-state index contributed by atoms with van der Waals surface area (Å²) in [5.74, 6) is -0.622. The maximum Gasteiger partial charge on any atom is 0.337 e. The SMILES string of the molecule is COC(=O)c1cccc([C@]23CC(=CO)C(=O)[C@@H](C)[C@@H]2CCc2c[nH]nc23)c1. The van der Waals surface area contributed by atoms with Crippen molar-refractivity contribution in [2.45, 2.75) is 31.6 Å². The monoisotopic (exact) mass is 366 g/mol.